The van der Waals surface area contributed by atoms with Crippen LogP contribution in [0.5, 0.6) is 17.2 Å². The van der Waals surface area contributed by atoms with Crippen LogP contribution in [-0.2, 0) is 9.59 Å². The zero-order chi connectivity index (χ0) is 29.6. The van der Waals surface area contributed by atoms with Crippen molar-refractivity contribution in [3.05, 3.63) is 83.4 Å². The number of aromatic nitrogens is 1. The maximum absolute atomic E-state index is 13.6. The molecule has 0 radical (unpaired) electrons. The molecule has 1 N–H and O–H groups in total. The molecule has 1 fully saturated rings. The summed E-state index contributed by atoms with van der Waals surface area (Å²) in [5.41, 5.74) is 1.73. The highest BCUT2D eigenvalue weighted by molar-refractivity contribution is 7.22. The molecule has 8 nitrogen and oxygen atoms in total. The van der Waals surface area contributed by atoms with Gasteiger partial charge in [0.25, 0.3) is 5.78 Å². The van der Waals surface area contributed by atoms with E-state index in [1.807, 2.05) is 43.3 Å². The molecule has 4 aromatic rings. The lowest BCUT2D eigenvalue weighted by molar-refractivity contribution is -0.132. The number of Topliss-reactive ketones (excluding diaryl/α,β-unsaturated/α-hetero) is 1. The number of ketones is 1. The number of hydrogen-bond donors (Lipinski definition) is 1. The number of thiazole rings is 1. The molecule has 0 bridgehead atoms. The Morgan fingerprint density at radius 1 is 0.881 bits per heavy atom. The number of unbranched alkanes of at least 4 members (excludes halogenated alkanes) is 2. The average molecular weight is 587 g/mol. The summed E-state index contributed by atoms with van der Waals surface area (Å²) in [5.74, 6) is 0.227. The summed E-state index contributed by atoms with van der Waals surface area (Å²) in [6.07, 6.45) is 4.02. The van der Waals surface area contributed by atoms with Crippen molar-refractivity contribution in [1.82, 2.24) is 4.98 Å². The summed E-state index contributed by atoms with van der Waals surface area (Å²) in [6.45, 7) is 5.34. The van der Waals surface area contributed by atoms with Gasteiger partial charge in [-0.2, -0.15) is 0 Å². The SMILES string of the molecule is CCCCCOc1ccc(C2/C(=C(\O)c3ccc(OCCC)cc3)C(=O)C(=O)N2c2nc3ccc(OC)cc3s2)cc1. The van der Waals surface area contributed by atoms with Crippen molar-refractivity contribution in [2.45, 2.75) is 45.6 Å². The lowest BCUT2D eigenvalue weighted by Gasteiger charge is -2.23. The van der Waals surface area contributed by atoms with Gasteiger partial charge in [-0.3, -0.25) is 14.5 Å². The standard InChI is InChI=1S/C33H34N2O6S/c1-4-6-7-19-41-24-12-8-21(9-13-24)29-28(30(36)22-10-14-23(15-11-22)40-18-5-2)31(37)32(38)35(29)33-34-26-17-16-25(39-3)20-27(26)42-33/h8-17,20,29,36H,4-7,18-19H2,1-3H3/b30-28+. The zero-order valence-electron chi connectivity index (χ0n) is 24.0. The van der Waals surface area contributed by atoms with Crippen LogP contribution in [-0.4, -0.2) is 42.1 Å². The number of rotatable bonds is 12. The molecule has 1 aliphatic heterocycles. The van der Waals surface area contributed by atoms with Crippen LogP contribution in [0.25, 0.3) is 16.0 Å². The second kappa shape index (κ2) is 13.1. The fraction of sp³-hybridized carbons (Fsp3) is 0.303. The van der Waals surface area contributed by atoms with E-state index in [9.17, 15) is 14.7 Å². The van der Waals surface area contributed by atoms with Gasteiger partial charge in [-0.25, -0.2) is 4.98 Å². The summed E-state index contributed by atoms with van der Waals surface area (Å²) in [4.78, 5) is 33.2. The molecule has 2 heterocycles. The van der Waals surface area contributed by atoms with Crippen LogP contribution >= 0.6 is 11.3 Å². The highest BCUT2D eigenvalue weighted by Gasteiger charge is 2.48. The Morgan fingerprint density at radius 3 is 2.21 bits per heavy atom. The minimum Gasteiger partial charge on any atom is -0.507 e. The number of nitrogens with zero attached hydrogens (tertiary/aromatic N) is 2. The van der Waals surface area contributed by atoms with Gasteiger partial charge in [-0.15, -0.1) is 0 Å². The van der Waals surface area contributed by atoms with E-state index in [0.717, 1.165) is 30.4 Å². The molecule has 1 aliphatic rings. The van der Waals surface area contributed by atoms with Gasteiger partial charge in [0.15, 0.2) is 5.13 Å². The normalized spacial score (nSPS) is 16.3. The van der Waals surface area contributed by atoms with Crippen molar-refractivity contribution in [2.75, 3.05) is 25.2 Å². The van der Waals surface area contributed by atoms with E-state index < -0.39 is 17.7 Å². The van der Waals surface area contributed by atoms with Crippen molar-refractivity contribution in [2.24, 2.45) is 0 Å². The Kier molecular flexibility index (Phi) is 9.07. The second-order valence-corrected chi connectivity index (χ2v) is 11.0. The first-order valence-corrected chi connectivity index (χ1v) is 15.0. The van der Waals surface area contributed by atoms with Gasteiger partial charge in [0, 0.05) is 5.56 Å². The van der Waals surface area contributed by atoms with Gasteiger partial charge in [-0.1, -0.05) is 50.2 Å². The van der Waals surface area contributed by atoms with Gasteiger partial charge in [-0.05, 0) is 73.0 Å². The Balaban J connectivity index is 1.57. The van der Waals surface area contributed by atoms with E-state index in [1.165, 1.54) is 16.2 Å². The van der Waals surface area contributed by atoms with E-state index >= 15 is 0 Å². The van der Waals surface area contributed by atoms with E-state index in [-0.39, 0.29) is 11.3 Å². The van der Waals surface area contributed by atoms with Crippen LogP contribution in [0.15, 0.2) is 72.3 Å². The number of methoxy groups -OCH3 is 1. The van der Waals surface area contributed by atoms with Crippen LogP contribution in [0.2, 0.25) is 0 Å². The first-order chi connectivity index (χ1) is 20.4. The maximum atomic E-state index is 13.6. The number of carbonyl (C=O) groups is 2. The third-order valence-corrected chi connectivity index (χ3v) is 8.07. The van der Waals surface area contributed by atoms with Crippen LogP contribution < -0.4 is 19.1 Å². The summed E-state index contributed by atoms with van der Waals surface area (Å²) in [7, 11) is 1.58. The number of hydrogen-bond acceptors (Lipinski definition) is 8. The molecule has 5 rings (SSSR count). The van der Waals surface area contributed by atoms with Crippen LogP contribution in [0.4, 0.5) is 5.13 Å². The van der Waals surface area contributed by atoms with Crippen LogP contribution in [0.3, 0.4) is 0 Å². The summed E-state index contributed by atoms with van der Waals surface area (Å²) >= 11 is 1.28. The molecule has 1 saturated heterocycles. The first-order valence-electron chi connectivity index (χ1n) is 14.2. The monoisotopic (exact) mass is 586 g/mol. The zero-order valence-corrected chi connectivity index (χ0v) is 24.8. The molecule has 0 spiro atoms. The van der Waals surface area contributed by atoms with E-state index in [0.29, 0.717) is 52.2 Å². The Bertz CT molecular complexity index is 1590. The van der Waals surface area contributed by atoms with Crippen molar-refractivity contribution < 1.29 is 28.9 Å². The van der Waals surface area contributed by atoms with E-state index in [1.54, 1.807) is 37.4 Å². The van der Waals surface area contributed by atoms with Crippen molar-refractivity contribution >= 4 is 44.1 Å². The van der Waals surface area contributed by atoms with Crippen LogP contribution in [0, 0.1) is 0 Å². The molecule has 0 saturated carbocycles. The van der Waals surface area contributed by atoms with Gasteiger partial charge in [0.2, 0.25) is 0 Å². The molecular weight excluding hydrogens is 552 g/mol. The number of anilines is 1. The maximum Gasteiger partial charge on any atom is 0.301 e. The molecule has 218 valence electrons. The van der Waals surface area contributed by atoms with E-state index in [4.69, 9.17) is 14.2 Å². The van der Waals surface area contributed by atoms with Crippen LogP contribution in [0.1, 0.15) is 56.7 Å². The minimum absolute atomic E-state index is 0.00400. The topological polar surface area (TPSA) is 98.2 Å². The summed E-state index contributed by atoms with van der Waals surface area (Å²) in [5, 5.41) is 11.8. The van der Waals surface area contributed by atoms with Crippen molar-refractivity contribution in [1.29, 1.82) is 0 Å². The molecule has 1 atom stereocenters. The third-order valence-electron chi connectivity index (χ3n) is 7.05. The van der Waals surface area contributed by atoms with Gasteiger partial charge >= 0.3 is 5.91 Å². The lowest BCUT2D eigenvalue weighted by atomic mass is 9.95. The molecule has 1 amide bonds. The Labute approximate surface area is 249 Å². The molecule has 1 aromatic heterocycles. The van der Waals surface area contributed by atoms with Gasteiger partial charge in [0.05, 0.1) is 42.2 Å². The van der Waals surface area contributed by atoms with Gasteiger partial charge in [0.1, 0.15) is 23.0 Å². The molecular formula is C33H34N2O6S. The fourth-order valence-corrected chi connectivity index (χ4v) is 5.86. The van der Waals surface area contributed by atoms with Crippen molar-refractivity contribution in [3.8, 4) is 17.2 Å². The number of aliphatic hydroxyl groups excluding tert-OH is 1. The number of benzene rings is 3. The Morgan fingerprint density at radius 2 is 1.55 bits per heavy atom. The highest BCUT2D eigenvalue weighted by atomic mass is 32.1. The summed E-state index contributed by atoms with van der Waals surface area (Å²) < 4.78 is 17.7. The molecule has 1 unspecified atom stereocenters. The molecule has 3 aromatic carbocycles. The first kappa shape index (κ1) is 29.1. The number of ether oxygens (including phenoxy) is 3. The predicted molar refractivity (Wildman–Crippen MR) is 165 cm³/mol. The average Bonchev–Trinajstić information content (AvgIpc) is 3.55. The quantitative estimate of drug-likeness (QED) is 0.0806. The predicted octanol–water partition coefficient (Wildman–Crippen LogP) is 7.29. The smallest absolute Gasteiger partial charge is 0.301 e. The fourth-order valence-electron chi connectivity index (χ4n) is 4.84. The highest BCUT2D eigenvalue weighted by Crippen LogP contribution is 2.45. The second-order valence-electron chi connectivity index (χ2n) is 10.00. The minimum atomic E-state index is -0.891. The molecule has 0 aliphatic carbocycles. The van der Waals surface area contributed by atoms with Crippen molar-refractivity contribution in [3.63, 3.8) is 0 Å². The largest absolute Gasteiger partial charge is 0.507 e. The Hall–Kier alpha value is -4.37. The number of carbonyl (C=O) groups excluding carboxylic acids is 2. The number of fused-ring (bicyclic) bond motifs is 1. The summed E-state index contributed by atoms with van der Waals surface area (Å²) in [6, 6.07) is 18.7. The molecule has 9 heteroatoms. The third kappa shape index (κ3) is 5.97. The lowest BCUT2D eigenvalue weighted by Crippen LogP contribution is -2.29. The molecule has 42 heavy (non-hydrogen) atoms. The number of amides is 1. The van der Waals surface area contributed by atoms with Gasteiger partial charge < -0.3 is 19.3 Å². The number of aliphatic hydroxyl groups is 1. The van der Waals surface area contributed by atoms with E-state index in [2.05, 4.69) is 11.9 Å².